The normalized spacial score (nSPS) is 10.4. The van der Waals surface area contributed by atoms with E-state index >= 15 is 0 Å². The summed E-state index contributed by atoms with van der Waals surface area (Å²) in [4.78, 5) is 10.6. The summed E-state index contributed by atoms with van der Waals surface area (Å²) in [6, 6.07) is 6.35. The minimum atomic E-state index is -0.930. The van der Waals surface area contributed by atoms with E-state index < -0.39 is 5.97 Å². The molecule has 0 heterocycles. The van der Waals surface area contributed by atoms with E-state index in [1.165, 1.54) is 12.1 Å². The second kappa shape index (κ2) is 6.09. The molecule has 0 spiro atoms. The summed E-state index contributed by atoms with van der Waals surface area (Å²) in [5.74, 6) is -0.258. The van der Waals surface area contributed by atoms with E-state index in [0.29, 0.717) is 18.9 Å². The third kappa shape index (κ3) is 4.29. The van der Waals surface area contributed by atoms with E-state index in [2.05, 4.69) is 5.43 Å². The maximum atomic E-state index is 10.6. The van der Waals surface area contributed by atoms with Crippen molar-refractivity contribution < 1.29 is 14.6 Å². The fourth-order valence-corrected chi connectivity index (χ4v) is 1.13. The fraction of sp³-hybridized carbons (Fsp3) is 0.364. The molecular weight excluding hydrogens is 208 g/mol. The van der Waals surface area contributed by atoms with Crippen LogP contribution < -0.4 is 10.2 Å². The van der Waals surface area contributed by atoms with Gasteiger partial charge in [0.25, 0.3) is 0 Å². The molecule has 1 aromatic rings. The van der Waals surface area contributed by atoms with Gasteiger partial charge in [-0.25, -0.2) is 4.79 Å². The topological polar surface area (TPSA) is 61.8 Å². The van der Waals surface area contributed by atoms with Gasteiger partial charge in [-0.3, -0.25) is 10.4 Å². The Hall–Kier alpha value is -1.59. The van der Waals surface area contributed by atoms with Crippen molar-refractivity contribution in [2.24, 2.45) is 0 Å². The zero-order valence-electron chi connectivity index (χ0n) is 9.43. The molecule has 0 aromatic heterocycles. The van der Waals surface area contributed by atoms with Crippen molar-refractivity contribution in [3.63, 3.8) is 0 Å². The first-order valence-corrected chi connectivity index (χ1v) is 4.96. The third-order valence-electron chi connectivity index (χ3n) is 1.90. The minimum absolute atomic E-state index is 0.263. The molecule has 0 amide bonds. The average Bonchev–Trinajstić information content (AvgIpc) is 2.25. The van der Waals surface area contributed by atoms with Crippen LogP contribution in [0.25, 0.3) is 0 Å². The lowest BCUT2D eigenvalue weighted by molar-refractivity contribution is 0.0697. The monoisotopic (exact) mass is 224 g/mol. The van der Waals surface area contributed by atoms with Gasteiger partial charge in [-0.15, -0.1) is 0 Å². The zero-order chi connectivity index (χ0) is 12.0. The Morgan fingerprint density at radius 3 is 2.50 bits per heavy atom. The third-order valence-corrected chi connectivity index (χ3v) is 1.90. The minimum Gasteiger partial charge on any atom is -0.492 e. The number of ether oxygens (including phenoxy) is 1. The molecular formula is C11H16N2O3. The van der Waals surface area contributed by atoms with Gasteiger partial charge in [0.15, 0.2) is 0 Å². The molecule has 0 unspecified atom stereocenters. The number of rotatable bonds is 6. The van der Waals surface area contributed by atoms with Crippen LogP contribution in [0.15, 0.2) is 24.3 Å². The highest BCUT2D eigenvalue weighted by Gasteiger charge is 2.01. The number of carboxylic acid groups (broad SMARTS) is 1. The summed E-state index contributed by atoms with van der Waals surface area (Å²) in [6.45, 7) is 1.23. The van der Waals surface area contributed by atoms with E-state index in [1.54, 1.807) is 12.1 Å². The van der Waals surface area contributed by atoms with Crippen LogP contribution in [0.5, 0.6) is 5.75 Å². The summed E-state index contributed by atoms with van der Waals surface area (Å²) in [7, 11) is 3.81. The Labute approximate surface area is 94.6 Å². The summed E-state index contributed by atoms with van der Waals surface area (Å²) in [5, 5.41) is 10.5. The number of benzene rings is 1. The fourth-order valence-electron chi connectivity index (χ4n) is 1.13. The number of carbonyl (C=O) groups is 1. The van der Waals surface area contributed by atoms with Crippen molar-refractivity contribution in [2.45, 2.75) is 0 Å². The van der Waals surface area contributed by atoms with Crippen molar-refractivity contribution in [2.75, 3.05) is 27.2 Å². The summed E-state index contributed by atoms with van der Waals surface area (Å²) in [5.41, 5.74) is 3.32. The van der Waals surface area contributed by atoms with Crippen LogP contribution in [0.1, 0.15) is 10.4 Å². The predicted octanol–water partition coefficient (Wildman–Crippen LogP) is 0.830. The number of nitrogens with one attached hydrogen (secondary N) is 1. The molecule has 0 bridgehead atoms. The molecule has 0 saturated carbocycles. The standard InChI is InChI=1S/C11H16N2O3/c1-13(2)12-7-8-16-10-5-3-9(4-6-10)11(14)15/h3-6,12H,7-8H2,1-2H3,(H,14,15). The molecule has 0 saturated heterocycles. The molecule has 1 aromatic carbocycles. The van der Waals surface area contributed by atoms with Gasteiger partial charge in [0, 0.05) is 20.6 Å². The highest BCUT2D eigenvalue weighted by atomic mass is 16.5. The largest absolute Gasteiger partial charge is 0.492 e. The van der Waals surface area contributed by atoms with Gasteiger partial charge >= 0.3 is 5.97 Å². The molecule has 0 aliphatic heterocycles. The molecule has 0 atom stereocenters. The molecule has 0 aliphatic rings. The SMILES string of the molecule is CN(C)NCCOc1ccc(C(=O)O)cc1. The van der Waals surface area contributed by atoms with Gasteiger partial charge in [-0.2, -0.15) is 0 Å². The molecule has 2 N–H and O–H groups in total. The van der Waals surface area contributed by atoms with Gasteiger partial charge in [0.05, 0.1) is 5.56 Å². The second-order valence-electron chi connectivity index (χ2n) is 3.48. The van der Waals surface area contributed by atoms with Crippen LogP contribution in [0.2, 0.25) is 0 Å². The van der Waals surface area contributed by atoms with Crippen molar-refractivity contribution in [1.29, 1.82) is 0 Å². The molecule has 5 nitrogen and oxygen atoms in total. The van der Waals surface area contributed by atoms with Gasteiger partial charge < -0.3 is 9.84 Å². The first-order valence-electron chi connectivity index (χ1n) is 4.96. The second-order valence-corrected chi connectivity index (χ2v) is 3.48. The number of hydrogen-bond acceptors (Lipinski definition) is 4. The number of hydrogen-bond donors (Lipinski definition) is 2. The summed E-state index contributed by atoms with van der Waals surface area (Å²) >= 11 is 0. The predicted molar refractivity (Wildman–Crippen MR) is 60.6 cm³/mol. The zero-order valence-corrected chi connectivity index (χ0v) is 9.43. The van der Waals surface area contributed by atoms with Gasteiger partial charge in [-0.1, -0.05) is 0 Å². The van der Waals surface area contributed by atoms with E-state index in [1.807, 2.05) is 19.1 Å². The first-order chi connectivity index (χ1) is 7.59. The lowest BCUT2D eigenvalue weighted by Crippen LogP contribution is -2.33. The highest BCUT2D eigenvalue weighted by Crippen LogP contribution is 2.11. The van der Waals surface area contributed by atoms with E-state index in [4.69, 9.17) is 9.84 Å². The Morgan fingerprint density at radius 1 is 1.38 bits per heavy atom. The Morgan fingerprint density at radius 2 is 2.00 bits per heavy atom. The number of aromatic carboxylic acids is 1. The maximum absolute atomic E-state index is 10.6. The van der Waals surface area contributed by atoms with Crippen LogP contribution in [0.3, 0.4) is 0 Å². The summed E-state index contributed by atoms with van der Waals surface area (Å²) in [6.07, 6.45) is 0. The number of hydrazine groups is 1. The van der Waals surface area contributed by atoms with Crippen LogP contribution in [0, 0.1) is 0 Å². The smallest absolute Gasteiger partial charge is 0.335 e. The molecule has 0 fully saturated rings. The lowest BCUT2D eigenvalue weighted by Gasteiger charge is -2.12. The maximum Gasteiger partial charge on any atom is 0.335 e. The number of nitrogens with zero attached hydrogens (tertiary/aromatic N) is 1. The first kappa shape index (κ1) is 12.5. The molecule has 0 radical (unpaired) electrons. The van der Waals surface area contributed by atoms with Crippen LogP contribution in [-0.2, 0) is 0 Å². The van der Waals surface area contributed by atoms with Gasteiger partial charge in [0.1, 0.15) is 12.4 Å². The van der Waals surface area contributed by atoms with E-state index in [0.717, 1.165) is 0 Å². The Kier molecular flexibility index (Phi) is 4.75. The Balaban J connectivity index is 2.35. The molecule has 16 heavy (non-hydrogen) atoms. The van der Waals surface area contributed by atoms with Gasteiger partial charge in [-0.05, 0) is 24.3 Å². The lowest BCUT2D eigenvalue weighted by atomic mass is 10.2. The van der Waals surface area contributed by atoms with E-state index in [9.17, 15) is 4.79 Å². The van der Waals surface area contributed by atoms with Crippen LogP contribution in [0.4, 0.5) is 0 Å². The van der Waals surface area contributed by atoms with Crippen molar-refractivity contribution in [3.05, 3.63) is 29.8 Å². The highest BCUT2D eigenvalue weighted by molar-refractivity contribution is 5.87. The van der Waals surface area contributed by atoms with Crippen molar-refractivity contribution in [3.8, 4) is 5.75 Å². The molecule has 5 heteroatoms. The molecule has 0 aliphatic carbocycles. The van der Waals surface area contributed by atoms with E-state index in [-0.39, 0.29) is 5.56 Å². The Bertz CT molecular complexity index is 336. The quantitative estimate of drug-likeness (QED) is 0.553. The average molecular weight is 224 g/mol. The summed E-state index contributed by atoms with van der Waals surface area (Å²) < 4.78 is 5.41. The number of carboxylic acids is 1. The van der Waals surface area contributed by atoms with Crippen molar-refractivity contribution >= 4 is 5.97 Å². The van der Waals surface area contributed by atoms with Crippen molar-refractivity contribution in [1.82, 2.24) is 10.4 Å². The molecule has 1 rings (SSSR count). The van der Waals surface area contributed by atoms with Crippen LogP contribution >= 0.6 is 0 Å². The van der Waals surface area contributed by atoms with Gasteiger partial charge in [0.2, 0.25) is 0 Å². The molecule has 88 valence electrons. The van der Waals surface area contributed by atoms with Crippen LogP contribution in [-0.4, -0.2) is 43.3 Å².